The fraction of sp³-hybridized carbons (Fsp3) is 0.962. The van der Waals surface area contributed by atoms with E-state index in [2.05, 4.69) is 6.92 Å². The molecule has 3 aliphatic carbocycles. The van der Waals surface area contributed by atoms with Gasteiger partial charge in [-0.3, -0.25) is 0 Å². The minimum Gasteiger partial charge on any atom is -0.0654 e. The van der Waals surface area contributed by atoms with Crippen LogP contribution in [0.4, 0.5) is 0 Å². The zero-order valence-electron chi connectivity index (χ0n) is 17.9. The zero-order valence-corrected chi connectivity index (χ0v) is 17.9. The molecule has 0 bridgehead atoms. The molecule has 151 valence electrons. The molecule has 0 aromatic rings. The average molecular weight is 360 g/mol. The van der Waals surface area contributed by atoms with Crippen LogP contribution in [-0.4, -0.2) is 0 Å². The number of hydrogen-bond donors (Lipinski definition) is 0. The predicted molar refractivity (Wildman–Crippen MR) is 115 cm³/mol. The lowest BCUT2D eigenvalue weighted by atomic mass is 9.70. The Hall–Kier alpha value is 0. The smallest absolute Gasteiger partial charge is 0.0357 e. The van der Waals surface area contributed by atoms with Gasteiger partial charge in [-0.2, -0.15) is 0 Å². The van der Waals surface area contributed by atoms with Crippen molar-refractivity contribution in [3.05, 3.63) is 6.92 Å². The standard InChI is InChI=1S/C26H47/c1-3-11-26(24-17-8-9-18-24)25(19-10-14-22-12-4-5-13-22)20-21(2)23-15-6-7-16-23/h21-26H,2-20H2,1H3. The molecule has 26 heavy (non-hydrogen) atoms. The molecule has 0 spiro atoms. The maximum atomic E-state index is 4.71. The SMILES string of the molecule is [CH2]C(CC(CCCC1CCCC1)C(CCC)C1CCCC1)C1CCCC1. The summed E-state index contributed by atoms with van der Waals surface area (Å²) in [6.07, 6.45) is 27.0. The second-order valence-electron chi connectivity index (χ2n) is 10.4. The summed E-state index contributed by atoms with van der Waals surface area (Å²) in [7, 11) is 0. The Kier molecular flexibility index (Phi) is 8.86. The minimum absolute atomic E-state index is 0.745. The van der Waals surface area contributed by atoms with Crippen molar-refractivity contribution in [2.45, 2.75) is 122 Å². The summed E-state index contributed by atoms with van der Waals surface area (Å²) in [5.41, 5.74) is 0. The highest BCUT2D eigenvalue weighted by Crippen LogP contribution is 2.44. The minimum atomic E-state index is 0.745. The third-order valence-corrected chi connectivity index (χ3v) is 8.57. The number of rotatable bonds is 11. The van der Waals surface area contributed by atoms with Crippen molar-refractivity contribution >= 4 is 0 Å². The fourth-order valence-corrected chi connectivity index (χ4v) is 7.06. The van der Waals surface area contributed by atoms with Crippen LogP contribution in [0.2, 0.25) is 0 Å². The average Bonchev–Trinajstić information content (AvgIpc) is 3.42. The van der Waals surface area contributed by atoms with Gasteiger partial charge >= 0.3 is 0 Å². The monoisotopic (exact) mass is 359 g/mol. The second-order valence-corrected chi connectivity index (χ2v) is 10.4. The lowest BCUT2D eigenvalue weighted by Gasteiger charge is -2.35. The van der Waals surface area contributed by atoms with E-state index in [1.165, 1.54) is 116 Å². The van der Waals surface area contributed by atoms with Gasteiger partial charge in [0.1, 0.15) is 0 Å². The van der Waals surface area contributed by atoms with Crippen molar-refractivity contribution in [1.29, 1.82) is 0 Å². The van der Waals surface area contributed by atoms with Gasteiger partial charge in [-0.05, 0) is 48.9 Å². The summed E-state index contributed by atoms with van der Waals surface area (Å²) in [6.45, 7) is 7.14. The lowest BCUT2D eigenvalue weighted by Crippen LogP contribution is -2.26. The molecule has 0 heteroatoms. The van der Waals surface area contributed by atoms with Crippen LogP contribution in [0, 0.1) is 42.4 Å². The quantitative estimate of drug-likeness (QED) is 0.346. The van der Waals surface area contributed by atoms with Crippen molar-refractivity contribution in [2.24, 2.45) is 35.5 Å². The van der Waals surface area contributed by atoms with Crippen LogP contribution in [0.1, 0.15) is 122 Å². The van der Waals surface area contributed by atoms with Crippen LogP contribution < -0.4 is 0 Å². The van der Waals surface area contributed by atoms with Gasteiger partial charge in [-0.15, -0.1) is 0 Å². The molecule has 3 saturated carbocycles. The fourth-order valence-electron chi connectivity index (χ4n) is 7.06. The number of hydrogen-bond acceptors (Lipinski definition) is 0. The first-order chi connectivity index (χ1) is 12.8. The van der Waals surface area contributed by atoms with Gasteiger partial charge in [0.2, 0.25) is 0 Å². The Labute approximate surface area is 165 Å². The van der Waals surface area contributed by atoms with Crippen molar-refractivity contribution < 1.29 is 0 Å². The van der Waals surface area contributed by atoms with Crippen molar-refractivity contribution in [3.63, 3.8) is 0 Å². The summed E-state index contributed by atoms with van der Waals surface area (Å²) in [5.74, 6) is 5.85. The van der Waals surface area contributed by atoms with Gasteiger partial charge in [0.25, 0.3) is 0 Å². The summed E-state index contributed by atoms with van der Waals surface area (Å²) in [5, 5.41) is 0. The third-order valence-electron chi connectivity index (χ3n) is 8.57. The Morgan fingerprint density at radius 2 is 1.35 bits per heavy atom. The maximum Gasteiger partial charge on any atom is -0.0357 e. The molecular weight excluding hydrogens is 312 g/mol. The van der Waals surface area contributed by atoms with Gasteiger partial charge in [-0.25, -0.2) is 0 Å². The summed E-state index contributed by atoms with van der Waals surface area (Å²) in [6, 6.07) is 0. The van der Waals surface area contributed by atoms with Gasteiger partial charge in [0.15, 0.2) is 0 Å². The van der Waals surface area contributed by atoms with Gasteiger partial charge in [-0.1, -0.05) is 116 Å². The van der Waals surface area contributed by atoms with Crippen molar-refractivity contribution in [2.75, 3.05) is 0 Å². The maximum absolute atomic E-state index is 4.71. The van der Waals surface area contributed by atoms with E-state index in [4.69, 9.17) is 6.92 Å². The Morgan fingerprint density at radius 3 is 1.96 bits per heavy atom. The molecule has 3 fully saturated rings. The van der Waals surface area contributed by atoms with E-state index in [0.717, 1.165) is 35.5 Å². The molecule has 3 atom stereocenters. The van der Waals surface area contributed by atoms with Crippen LogP contribution in [0.15, 0.2) is 0 Å². The van der Waals surface area contributed by atoms with Gasteiger partial charge < -0.3 is 0 Å². The topological polar surface area (TPSA) is 0 Å². The Balaban J connectivity index is 1.57. The molecule has 1 radical (unpaired) electrons. The van der Waals surface area contributed by atoms with E-state index < -0.39 is 0 Å². The van der Waals surface area contributed by atoms with Crippen LogP contribution in [0.3, 0.4) is 0 Å². The highest BCUT2D eigenvalue weighted by atomic mass is 14.4. The normalized spacial score (nSPS) is 26.5. The molecule has 0 heterocycles. The molecule has 0 saturated heterocycles. The first-order valence-corrected chi connectivity index (χ1v) is 12.6. The lowest BCUT2D eigenvalue weighted by molar-refractivity contribution is 0.158. The highest BCUT2D eigenvalue weighted by molar-refractivity contribution is 4.86. The molecule has 3 unspecified atom stereocenters. The van der Waals surface area contributed by atoms with E-state index in [9.17, 15) is 0 Å². The van der Waals surface area contributed by atoms with E-state index in [1.54, 1.807) is 0 Å². The van der Waals surface area contributed by atoms with E-state index in [-0.39, 0.29) is 0 Å². The summed E-state index contributed by atoms with van der Waals surface area (Å²) >= 11 is 0. The van der Waals surface area contributed by atoms with E-state index >= 15 is 0 Å². The molecule has 0 aliphatic heterocycles. The molecule has 3 aliphatic rings. The molecule has 0 aromatic carbocycles. The van der Waals surface area contributed by atoms with Crippen LogP contribution in [0.5, 0.6) is 0 Å². The molecule has 0 N–H and O–H groups in total. The third kappa shape index (κ3) is 6.00. The Morgan fingerprint density at radius 1 is 0.769 bits per heavy atom. The van der Waals surface area contributed by atoms with E-state index in [0.29, 0.717) is 0 Å². The molecule has 0 amide bonds. The van der Waals surface area contributed by atoms with Gasteiger partial charge in [0.05, 0.1) is 0 Å². The van der Waals surface area contributed by atoms with E-state index in [1.807, 2.05) is 0 Å². The largest absolute Gasteiger partial charge is 0.0654 e. The summed E-state index contributed by atoms with van der Waals surface area (Å²) < 4.78 is 0. The second kappa shape index (κ2) is 11.1. The first kappa shape index (κ1) is 20.7. The molecule has 0 nitrogen and oxygen atoms in total. The molecule has 3 rings (SSSR count). The molecular formula is C26H47. The molecule has 0 aromatic heterocycles. The van der Waals surface area contributed by atoms with Crippen LogP contribution in [0.25, 0.3) is 0 Å². The van der Waals surface area contributed by atoms with Crippen LogP contribution in [-0.2, 0) is 0 Å². The van der Waals surface area contributed by atoms with Gasteiger partial charge in [0, 0.05) is 0 Å². The van der Waals surface area contributed by atoms with Crippen molar-refractivity contribution in [1.82, 2.24) is 0 Å². The van der Waals surface area contributed by atoms with Crippen LogP contribution >= 0.6 is 0 Å². The highest BCUT2D eigenvalue weighted by Gasteiger charge is 2.33. The predicted octanol–water partition coefficient (Wildman–Crippen LogP) is 8.60. The summed E-state index contributed by atoms with van der Waals surface area (Å²) in [4.78, 5) is 0. The zero-order chi connectivity index (χ0) is 18.2. The Bertz CT molecular complexity index is 354. The first-order valence-electron chi connectivity index (χ1n) is 12.6. The van der Waals surface area contributed by atoms with Crippen molar-refractivity contribution in [3.8, 4) is 0 Å².